The highest BCUT2D eigenvalue weighted by Gasteiger charge is 2.21. The zero-order chi connectivity index (χ0) is 11.9. The van der Waals surface area contributed by atoms with E-state index in [4.69, 9.17) is 5.73 Å². The Morgan fingerprint density at radius 2 is 1.94 bits per heavy atom. The summed E-state index contributed by atoms with van der Waals surface area (Å²) in [6.45, 7) is 10.5. The van der Waals surface area contributed by atoms with Crippen LogP contribution in [0.1, 0.15) is 33.6 Å². The number of hydrogen-bond acceptors (Lipinski definition) is 2. The first-order valence-corrected chi connectivity index (χ1v) is 5.34. The third kappa shape index (κ3) is 7.92. The summed E-state index contributed by atoms with van der Waals surface area (Å²) in [6.07, 6.45) is 1.36. The Morgan fingerprint density at radius 3 is 2.31 bits per heavy atom. The van der Waals surface area contributed by atoms with Gasteiger partial charge in [0, 0.05) is 6.54 Å². The molecular formula is C11H24IN3O. The van der Waals surface area contributed by atoms with Crippen molar-refractivity contribution in [2.75, 3.05) is 13.1 Å². The molecule has 0 aliphatic rings. The van der Waals surface area contributed by atoms with Crippen molar-refractivity contribution in [3.05, 3.63) is 12.2 Å². The van der Waals surface area contributed by atoms with Crippen LogP contribution in [0.25, 0.3) is 0 Å². The fourth-order valence-electron chi connectivity index (χ4n) is 1.00. The van der Waals surface area contributed by atoms with E-state index in [1.807, 2.05) is 20.8 Å². The molecule has 0 saturated heterocycles. The molecule has 4 nitrogen and oxygen atoms in total. The Balaban J connectivity index is 0. The van der Waals surface area contributed by atoms with Crippen LogP contribution in [0.15, 0.2) is 17.1 Å². The first-order chi connectivity index (χ1) is 6.93. The lowest BCUT2D eigenvalue weighted by molar-refractivity contribution is 0.0418. The molecule has 0 spiro atoms. The lowest BCUT2D eigenvalue weighted by Gasteiger charge is -2.22. The second-order valence-electron chi connectivity index (χ2n) is 3.94. The van der Waals surface area contributed by atoms with Crippen molar-refractivity contribution < 1.29 is 5.11 Å². The molecule has 0 aromatic carbocycles. The van der Waals surface area contributed by atoms with Crippen LogP contribution in [-0.4, -0.2) is 29.8 Å². The molecule has 0 aliphatic heterocycles. The molecule has 0 saturated carbocycles. The van der Waals surface area contributed by atoms with E-state index in [1.165, 1.54) is 0 Å². The molecule has 0 aromatic heterocycles. The Labute approximate surface area is 115 Å². The van der Waals surface area contributed by atoms with Crippen LogP contribution in [0, 0.1) is 0 Å². The standard InChI is InChI=1S/C11H23N3O.HI/c1-5-11(15,6-2)8-14-10(12)13-7-9(3)4;/h15H,3,5-8H2,1-2,4H3,(H3,12,13,14);1H. The summed E-state index contributed by atoms with van der Waals surface area (Å²) in [5, 5.41) is 12.9. The summed E-state index contributed by atoms with van der Waals surface area (Å²) >= 11 is 0. The van der Waals surface area contributed by atoms with E-state index in [-0.39, 0.29) is 24.0 Å². The van der Waals surface area contributed by atoms with E-state index >= 15 is 0 Å². The number of nitrogens with zero attached hydrogens (tertiary/aromatic N) is 1. The molecule has 5 heteroatoms. The van der Waals surface area contributed by atoms with Gasteiger partial charge in [-0.25, -0.2) is 0 Å². The number of aliphatic imine (C=N–C) groups is 1. The maximum atomic E-state index is 9.95. The lowest BCUT2D eigenvalue weighted by atomic mass is 9.98. The van der Waals surface area contributed by atoms with Crippen LogP contribution in [0.5, 0.6) is 0 Å². The van der Waals surface area contributed by atoms with Gasteiger partial charge in [0.1, 0.15) is 0 Å². The average Bonchev–Trinajstić information content (AvgIpc) is 2.23. The summed E-state index contributed by atoms with van der Waals surface area (Å²) in [4.78, 5) is 4.10. The SMILES string of the molecule is C=C(C)CNC(N)=NCC(O)(CC)CC.I. The molecule has 0 unspecified atom stereocenters. The van der Waals surface area contributed by atoms with Crippen molar-refractivity contribution >= 4 is 29.9 Å². The Hall–Kier alpha value is -0.300. The van der Waals surface area contributed by atoms with Crippen LogP contribution in [0.4, 0.5) is 0 Å². The monoisotopic (exact) mass is 341 g/mol. The van der Waals surface area contributed by atoms with E-state index in [0.717, 1.165) is 5.57 Å². The van der Waals surface area contributed by atoms with Crippen molar-refractivity contribution in [1.29, 1.82) is 0 Å². The molecule has 96 valence electrons. The summed E-state index contributed by atoms with van der Waals surface area (Å²) in [5.41, 5.74) is 5.89. The van der Waals surface area contributed by atoms with Gasteiger partial charge in [0.2, 0.25) is 0 Å². The van der Waals surface area contributed by atoms with Crippen molar-refractivity contribution in [3.63, 3.8) is 0 Å². The second-order valence-corrected chi connectivity index (χ2v) is 3.94. The minimum atomic E-state index is -0.727. The summed E-state index contributed by atoms with van der Waals surface area (Å²) in [5.74, 6) is 0.360. The third-order valence-corrected chi connectivity index (χ3v) is 2.43. The van der Waals surface area contributed by atoms with Crippen LogP contribution >= 0.6 is 24.0 Å². The van der Waals surface area contributed by atoms with Crippen molar-refractivity contribution in [2.24, 2.45) is 10.7 Å². The highest BCUT2D eigenvalue weighted by atomic mass is 127. The number of halogens is 1. The number of nitrogens with two attached hydrogens (primary N) is 1. The average molecular weight is 341 g/mol. The van der Waals surface area contributed by atoms with Gasteiger partial charge < -0.3 is 16.2 Å². The molecule has 16 heavy (non-hydrogen) atoms. The van der Waals surface area contributed by atoms with E-state index < -0.39 is 5.60 Å². The predicted molar refractivity (Wildman–Crippen MR) is 80.3 cm³/mol. The Bertz CT molecular complexity index is 237. The van der Waals surface area contributed by atoms with Gasteiger partial charge in [-0.3, -0.25) is 4.99 Å². The van der Waals surface area contributed by atoms with Gasteiger partial charge in [-0.2, -0.15) is 0 Å². The number of guanidine groups is 1. The Kier molecular flexibility index (Phi) is 9.95. The largest absolute Gasteiger partial charge is 0.388 e. The lowest BCUT2D eigenvalue weighted by Crippen LogP contribution is -2.36. The number of rotatable bonds is 6. The number of nitrogens with one attached hydrogen (secondary N) is 1. The first kappa shape index (κ1) is 18.1. The van der Waals surface area contributed by atoms with Gasteiger partial charge in [0.05, 0.1) is 12.1 Å². The second kappa shape index (κ2) is 8.81. The van der Waals surface area contributed by atoms with Gasteiger partial charge in [0.25, 0.3) is 0 Å². The molecule has 0 aliphatic carbocycles. The molecular weight excluding hydrogens is 317 g/mol. The predicted octanol–water partition coefficient (Wildman–Crippen LogP) is 1.64. The van der Waals surface area contributed by atoms with Gasteiger partial charge in [-0.15, -0.1) is 24.0 Å². The molecule has 0 aromatic rings. The fraction of sp³-hybridized carbons (Fsp3) is 0.727. The van der Waals surface area contributed by atoms with Gasteiger partial charge in [-0.05, 0) is 19.8 Å². The summed E-state index contributed by atoms with van der Waals surface area (Å²) in [7, 11) is 0. The van der Waals surface area contributed by atoms with Crippen molar-refractivity contribution in [1.82, 2.24) is 5.32 Å². The summed E-state index contributed by atoms with van der Waals surface area (Å²) in [6, 6.07) is 0. The molecule has 0 radical (unpaired) electrons. The molecule has 0 bridgehead atoms. The zero-order valence-electron chi connectivity index (χ0n) is 10.4. The van der Waals surface area contributed by atoms with Crippen LogP contribution in [0.2, 0.25) is 0 Å². The highest BCUT2D eigenvalue weighted by molar-refractivity contribution is 14.0. The third-order valence-electron chi connectivity index (χ3n) is 2.43. The molecule has 0 rings (SSSR count). The smallest absolute Gasteiger partial charge is 0.188 e. The van der Waals surface area contributed by atoms with Gasteiger partial charge >= 0.3 is 0 Å². The molecule has 0 atom stereocenters. The van der Waals surface area contributed by atoms with Gasteiger partial charge in [-0.1, -0.05) is 26.0 Å². The molecule has 0 fully saturated rings. The number of aliphatic hydroxyl groups is 1. The van der Waals surface area contributed by atoms with E-state index in [9.17, 15) is 5.11 Å². The van der Waals surface area contributed by atoms with Crippen molar-refractivity contribution in [3.8, 4) is 0 Å². The zero-order valence-corrected chi connectivity index (χ0v) is 12.7. The maximum absolute atomic E-state index is 9.95. The minimum absolute atomic E-state index is 0. The summed E-state index contributed by atoms with van der Waals surface area (Å²) < 4.78 is 0. The molecule has 0 amide bonds. The first-order valence-electron chi connectivity index (χ1n) is 5.34. The highest BCUT2D eigenvalue weighted by Crippen LogP contribution is 2.14. The molecule has 0 heterocycles. The quantitative estimate of drug-likeness (QED) is 0.298. The minimum Gasteiger partial charge on any atom is -0.388 e. The van der Waals surface area contributed by atoms with Crippen molar-refractivity contribution in [2.45, 2.75) is 39.2 Å². The van der Waals surface area contributed by atoms with Crippen LogP contribution in [-0.2, 0) is 0 Å². The van der Waals surface area contributed by atoms with Crippen LogP contribution in [0.3, 0.4) is 0 Å². The molecule has 4 N–H and O–H groups in total. The maximum Gasteiger partial charge on any atom is 0.188 e. The Morgan fingerprint density at radius 1 is 1.44 bits per heavy atom. The van der Waals surface area contributed by atoms with Crippen LogP contribution < -0.4 is 11.1 Å². The van der Waals surface area contributed by atoms with E-state index in [2.05, 4.69) is 16.9 Å². The normalized spacial score (nSPS) is 11.9. The fourth-order valence-corrected chi connectivity index (χ4v) is 1.00. The van der Waals surface area contributed by atoms with E-state index in [0.29, 0.717) is 31.9 Å². The van der Waals surface area contributed by atoms with Gasteiger partial charge in [0.15, 0.2) is 5.96 Å². The topological polar surface area (TPSA) is 70.6 Å². The van der Waals surface area contributed by atoms with E-state index in [1.54, 1.807) is 0 Å². The number of hydrogen-bond donors (Lipinski definition) is 3.